The Balaban J connectivity index is 1.86. The molecule has 2 rings (SSSR count). The zero-order valence-corrected chi connectivity index (χ0v) is 13.2. The lowest BCUT2D eigenvalue weighted by Gasteiger charge is -2.34. The Kier molecular flexibility index (Phi) is 5.84. The summed E-state index contributed by atoms with van der Waals surface area (Å²) in [7, 11) is -2.92. The van der Waals surface area contributed by atoms with E-state index in [1.807, 2.05) is 0 Å². The van der Waals surface area contributed by atoms with Gasteiger partial charge in [-0.1, -0.05) is 6.42 Å². The molecule has 0 aromatic heterocycles. The van der Waals surface area contributed by atoms with Crippen LogP contribution in [0.1, 0.15) is 51.4 Å². The van der Waals surface area contributed by atoms with E-state index in [0.29, 0.717) is 12.0 Å². The summed E-state index contributed by atoms with van der Waals surface area (Å²) in [6.45, 7) is 0.880. The molecule has 0 bridgehead atoms. The van der Waals surface area contributed by atoms with Crippen LogP contribution in [0, 0.1) is 5.92 Å². The minimum Gasteiger partial charge on any atom is -0.378 e. The van der Waals surface area contributed by atoms with Crippen molar-refractivity contribution in [2.24, 2.45) is 11.8 Å². The van der Waals surface area contributed by atoms with Crippen LogP contribution >= 0.6 is 0 Å². The molecular formula is C14H28N2O3S. The summed E-state index contributed by atoms with van der Waals surface area (Å²) >= 11 is 0. The molecule has 118 valence electrons. The molecule has 1 saturated carbocycles. The van der Waals surface area contributed by atoms with E-state index < -0.39 is 9.84 Å². The molecule has 1 heterocycles. The standard InChI is InChI=1S/C14H28N2O3S/c1-20(17,18)13-6-2-4-11(10-13)14(16-15)8-7-12-5-3-9-19-12/h11-14,16H,2-10,15H2,1H3. The molecule has 0 spiro atoms. The van der Waals surface area contributed by atoms with Gasteiger partial charge in [0, 0.05) is 18.9 Å². The summed E-state index contributed by atoms with van der Waals surface area (Å²) in [5.41, 5.74) is 2.92. The summed E-state index contributed by atoms with van der Waals surface area (Å²) in [6, 6.07) is 0.212. The lowest BCUT2D eigenvalue weighted by molar-refractivity contribution is 0.0956. The Labute approximate surface area is 122 Å². The summed E-state index contributed by atoms with van der Waals surface area (Å²) in [6.07, 6.45) is 9.65. The fourth-order valence-electron chi connectivity index (χ4n) is 3.63. The molecule has 1 saturated heterocycles. The van der Waals surface area contributed by atoms with Gasteiger partial charge in [-0.15, -0.1) is 0 Å². The smallest absolute Gasteiger partial charge is 0.150 e. The van der Waals surface area contributed by atoms with E-state index in [1.165, 1.54) is 6.26 Å². The average molecular weight is 304 g/mol. The number of ether oxygens (including phenoxy) is 1. The molecule has 4 atom stereocenters. The minimum atomic E-state index is -2.92. The number of hydrazine groups is 1. The number of hydrogen-bond donors (Lipinski definition) is 2. The minimum absolute atomic E-state index is 0.181. The van der Waals surface area contributed by atoms with Gasteiger partial charge in [-0.2, -0.15) is 0 Å². The SMILES string of the molecule is CS(=O)(=O)C1CCCC(C(CCC2CCCO2)NN)C1. The third kappa shape index (κ3) is 4.41. The van der Waals surface area contributed by atoms with E-state index in [9.17, 15) is 8.42 Å². The first-order valence-corrected chi connectivity index (χ1v) is 9.72. The molecule has 1 aliphatic heterocycles. The molecule has 3 N–H and O–H groups in total. The number of hydrogen-bond acceptors (Lipinski definition) is 5. The highest BCUT2D eigenvalue weighted by Gasteiger charge is 2.33. The second kappa shape index (κ2) is 7.20. The number of rotatable bonds is 6. The first-order chi connectivity index (χ1) is 9.50. The molecule has 20 heavy (non-hydrogen) atoms. The molecule has 0 amide bonds. The molecule has 1 aliphatic carbocycles. The van der Waals surface area contributed by atoms with Gasteiger partial charge in [0.25, 0.3) is 0 Å². The van der Waals surface area contributed by atoms with Crippen molar-refractivity contribution in [2.75, 3.05) is 12.9 Å². The lowest BCUT2D eigenvalue weighted by atomic mass is 9.82. The number of sulfone groups is 1. The lowest BCUT2D eigenvalue weighted by Crippen LogP contribution is -2.44. The monoisotopic (exact) mass is 304 g/mol. The molecule has 4 unspecified atom stereocenters. The molecular weight excluding hydrogens is 276 g/mol. The zero-order valence-electron chi connectivity index (χ0n) is 12.4. The van der Waals surface area contributed by atoms with E-state index in [2.05, 4.69) is 5.43 Å². The van der Waals surface area contributed by atoms with Gasteiger partial charge in [-0.25, -0.2) is 8.42 Å². The van der Waals surface area contributed by atoms with Crippen molar-refractivity contribution < 1.29 is 13.2 Å². The number of nitrogens with one attached hydrogen (secondary N) is 1. The van der Waals surface area contributed by atoms with Crippen molar-refractivity contribution >= 4 is 9.84 Å². The first-order valence-electron chi connectivity index (χ1n) is 7.77. The van der Waals surface area contributed by atoms with Gasteiger partial charge in [-0.05, 0) is 50.9 Å². The maximum Gasteiger partial charge on any atom is 0.150 e. The molecule has 0 aromatic rings. The highest BCUT2D eigenvalue weighted by atomic mass is 32.2. The van der Waals surface area contributed by atoms with Crippen molar-refractivity contribution in [3.8, 4) is 0 Å². The van der Waals surface area contributed by atoms with Gasteiger partial charge in [0.15, 0.2) is 0 Å². The Morgan fingerprint density at radius 1 is 1.30 bits per heavy atom. The van der Waals surface area contributed by atoms with Crippen LogP contribution in [-0.4, -0.2) is 38.7 Å². The molecule has 2 fully saturated rings. The van der Waals surface area contributed by atoms with Crippen LogP contribution in [0.2, 0.25) is 0 Å². The predicted octanol–water partition coefficient (Wildman–Crippen LogP) is 1.38. The topological polar surface area (TPSA) is 81.4 Å². The maximum atomic E-state index is 11.7. The summed E-state index contributed by atoms with van der Waals surface area (Å²) in [4.78, 5) is 0. The predicted molar refractivity (Wildman–Crippen MR) is 79.9 cm³/mol. The van der Waals surface area contributed by atoms with Crippen molar-refractivity contribution in [3.05, 3.63) is 0 Å². The highest BCUT2D eigenvalue weighted by molar-refractivity contribution is 7.91. The van der Waals surface area contributed by atoms with Crippen molar-refractivity contribution in [1.82, 2.24) is 5.43 Å². The summed E-state index contributed by atoms with van der Waals surface area (Å²) in [5, 5.41) is -0.181. The third-order valence-corrected chi connectivity index (χ3v) is 6.52. The van der Waals surface area contributed by atoms with E-state index in [4.69, 9.17) is 10.6 Å². The fraction of sp³-hybridized carbons (Fsp3) is 1.00. The Bertz CT molecular complexity index is 393. The van der Waals surface area contributed by atoms with Crippen LogP contribution in [0.25, 0.3) is 0 Å². The van der Waals surface area contributed by atoms with Crippen LogP contribution in [0.3, 0.4) is 0 Å². The second-order valence-electron chi connectivity index (χ2n) is 6.36. The van der Waals surface area contributed by atoms with Crippen molar-refractivity contribution in [2.45, 2.75) is 68.8 Å². The van der Waals surface area contributed by atoms with Crippen LogP contribution in [0.15, 0.2) is 0 Å². The van der Waals surface area contributed by atoms with Crippen LogP contribution in [-0.2, 0) is 14.6 Å². The largest absolute Gasteiger partial charge is 0.378 e. The van der Waals surface area contributed by atoms with Crippen LogP contribution in [0.4, 0.5) is 0 Å². The van der Waals surface area contributed by atoms with Crippen molar-refractivity contribution in [1.29, 1.82) is 0 Å². The van der Waals surface area contributed by atoms with E-state index in [0.717, 1.165) is 58.0 Å². The molecule has 6 heteroatoms. The van der Waals surface area contributed by atoms with Gasteiger partial charge in [-0.3, -0.25) is 11.3 Å². The summed E-state index contributed by atoms with van der Waals surface area (Å²) in [5.74, 6) is 6.07. The third-order valence-electron chi connectivity index (χ3n) is 4.88. The Morgan fingerprint density at radius 3 is 2.70 bits per heavy atom. The van der Waals surface area contributed by atoms with E-state index in [1.54, 1.807) is 0 Å². The highest BCUT2D eigenvalue weighted by Crippen LogP contribution is 2.32. The number of nitrogens with two attached hydrogens (primary N) is 1. The quantitative estimate of drug-likeness (QED) is 0.572. The normalized spacial score (nSPS) is 33.2. The Morgan fingerprint density at radius 2 is 2.10 bits per heavy atom. The van der Waals surface area contributed by atoms with Gasteiger partial charge < -0.3 is 4.74 Å². The molecule has 2 aliphatic rings. The molecule has 0 aromatic carbocycles. The van der Waals surface area contributed by atoms with Gasteiger partial charge in [0.05, 0.1) is 11.4 Å². The molecule has 0 radical (unpaired) electrons. The van der Waals surface area contributed by atoms with Crippen LogP contribution in [0.5, 0.6) is 0 Å². The maximum absolute atomic E-state index is 11.7. The van der Waals surface area contributed by atoms with Gasteiger partial charge >= 0.3 is 0 Å². The first kappa shape index (κ1) is 16.2. The van der Waals surface area contributed by atoms with Gasteiger partial charge in [0.1, 0.15) is 9.84 Å². The zero-order chi connectivity index (χ0) is 14.6. The average Bonchev–Trinajstić information content (AvgIpc) is 2.92. The fourth-order valence-corrected chi connectivity index (χ4v) is 4.82. The van der Waals surface area contributed by atoms with E-state index in [-0.39, 0.29) is 11.3 Å². The Hall–Kier alpha value is -0.170. The van der Waals surface area contributed by atoms with E-state index >= 15 is 0 Å². The van der Waals surface area contributed by atoms with Crippen molar-refractivity contribution in [3.63, 3.8) is 0 Å². The second-order valence-corrected chi connectivity index (χ2v) is 8.69. The molecule has 5 nitrogen and oxygen atoms in total. The summed E-state index contributed by atoms with van der Waals surface area (Å²) < 4.78 is 29.1. The van der Waals surface area contributed by atoms with Gasteiger partial charge in [0.2, 0.25) is 0 Å². The van der Waals surface area contributed by atoms with Crippen LogP contribution < -0.4 is 11.3 Å².